The number of aliphatic carboxylic acids is 1. The Labute approximate surface area is 102 Å². The smallest absolute Gasteiger partial charge is 0.328 e. The first-order chi connectivity index (χ1) is 8.04. The quantitative estimate of drug-likeness (QED) is 0.620. The Balaban J connectivity index is 2.47. The highest BCUT2D eigenvalue weighted by molar-refractivity contribution is 7.10. The van der Waals surface area contributed by atoms with E-state index < -0.39 is 24.6 Å². The van der Waals surface area contributed by atoms with Crippen LogP contribution in [0.2, 0.25) is 0 Å². The monoisotopic (exact) mass is 258 g/mol. The summed E-state index contributed by atoms with van der Waals surface area (Å²) in [5, 5.41) is 24.0. The normalized spacial score (nSPS) is 13.8. The number of aliphatic hydroxyl groups excluding tert-OH is 1. The summed E-state index contributed by atoms with van der Waals surface area (Å²) in [6, 6.07) is 1.63. The van der Waals surface area contributed by atoms with Crippen LogP contribution in [0.3, 0.4) is 0 Å². The Morgan fingerprint density at radius 3 is 2.65 bits per heavy atom. The van der Waals surface area contributed by atoms with Crippen molar-refractivity contribution in [1.82, 2.24) is 10.6 Å². The fraction of sp³-hybridized carbons (Fsp3) is 0.400. The van der Waals surface area contributed by atoms with Crippen LogP contribution in [0.15, 0.2) is 17.5 Å². The van der Waals surface area contributed by atoms with Crippen LogP contribution in [0.5, 0.6) is 0 Å². The predicted molar refractivity (Wildman–Crippen MR) is 62.9 cm³/mol. The Kier molecular flexibility index (Phi) is 4.92. The molecule has 94 valence electrons. The fourth-order valence-electron chi connectivity index (χ4n) is 1.19. The maximum atomic E-state index is 11.4. The van der Waals surface area contributed by atoms with E-state index in [9.17, 15) is 9.59 Å². The van der Waals surface area contributed by atoms with Crippen molar-refractivity contribution in [1.29, 1.82) is 0 Å². The Morgan fingerprint density at radius 2 is 2.18 bits per heavy atom. The van der Waals surface area contributed by atoms with Crippen LogP contribution in [-0.4, -0.2) is 34.9 Å². The van der Waals surface area contributed by atoms with Crippen LogP contribution in [0.1, 0.15) is 17.8 Å². The second-order valence-corrected chi connectivity index (χ2v) is 4.41. The van der Waals surface area contributed by atoms with Gasteiger partial charge in [0.15, 0.2) is 6.04 Å². The van der Waals surface area contributed by atoms with Crippen LogP contribution in [0, 0.1) is 0 Å². The van der Waals surface area contributed by atoms with Gasteiger partial charge in [0.05, 0.1) is 12.6 Å². The molecule has 1 aromatic rings. The molecule has 0 saturated carbocycles. The number of hydrogen-bond donors (Lipinski definition) is 4. The topological polar surface area (TPSA) is 98.7 Å². The third kappa shape index (κ3) is 4.04. The molecule has 0 aromatic carbocycles. The van der Waals surface area contributed by atoms with E-state index in [0.29, 0.717) is 0 Å². The Hall–Kier alpha value is -1.60. The van der Waals surface area contributed by atoms with Crippen LogP contribution in [0.4, 0.5) is 4.79 Å². The number of amides is 2. The number of thiophene rings is 1. The first kappa shape index (κ1) is 13.5. The van der Waals surface area contributed by atoms with Crippen molar-refractivity contribution < 1.29 is 19.8 Å². The van der Waals surface area contributed by atoms with Crippen molar-refractivity contribution in [2.45, 2.75) is 19.0 Å². The number of rotatable bonds is 5. The molecule has 0 aliphatic carbocycles. The third-order valence-electron chi connectivity index (χ3n) is 2.10. The predicted octanol–water partition coefficient (Wildman–Crippen LogP) is 0.554. The number of carboxylic acids is 1. The molecule has 1 aromatic heterocycles. The van der Waals surface area contributed by atoms with E-state index in [1.807, 2.05) is 17.5 Å². The molecule has 1 heterocycles. The number of hydrogen-bond acceptors (Lipinski definition) is 4. The summed E-state index contributed by atoms with van der Waals surface area (Å²) < 4.78 is 0. The molecule has 0 fully saturated rings. The van der Waals surface area contributed by atoms with Crippen molar-refractivity contribution in [3.8, 4) is 0 Å². The van der Waals surface area contributed by atoms with E-state index in [4.69, 9.17) is 10.2 Å². The van der Waals surface area contributed by atoms with Gasteiger partial charge in [-0.25, -0.2) is 9.59 Å². The lowest BCUT2D eigenvalue weighted by Crippen LogP contribution is -2.48. The molecule has 0 spiro atoms. The van der Waals surface area contributed by atoms with E-state index >= 15 is 0 Å². The number of urea groups is 1. The minimum atomic E-state index is -1.29. The molecular formula is C10H14N2O4S. The molecule has 2 atom stereocenters. The minimum absolute atomic E-state index is 0.205. The van der Waals surface area contributed by atoms with Crippen molar-refractivity contribution in [2.24, 2.45) is 0 Å². The van der Waals surface area contributed by atoms with Gasteiger partial charge >= 0.3 is 12.0 Å². The van der Waals surface area contributed by atoms with Gasteiger partial charge in [0.2, 0.25) is 0 Å². The molecule has 4 N–H and O–H groups in total. The van der Waals surface area contributed by atoms with E-state index in [-0.39, 0.29) is 6.04 Å². The lowest BCUT2D eigenvalue weighted by Gasteiger charge is -2.16. The number of nitrogens with one attached hydrogen (secondary N) is 2. The highest BCUT2D eigenvalue weighted by Gasteiger charge is 2.19. The molecule has 7 heteroatoms. The second-order valence-electron chi connectivity index (χ2n) is 3.43. The van der Waals surface area contributed by atoms with Crippen molar-refractivity contribution in [3.63, 3.8) is 0 Å². The molecule has 0 aliphatic rings. The summed E-state index contributed by atoms with van der Waals surface area (Å²) in [5.41, 5.74) is 0. The van der Waals surface area contributed by atoms with E-state index in [1.54, 1.807) is 6.92 Å². The van der Waals surface area contributed by atoms with Gasteiger partial charge in [-0.05, 0) is 18.4 Å². The SMILES string of the molecule is CC(NC(=O)N[C@@H](CO)C(=O)O)c1cccs1. The number of carbonyl (C=O) groups is 2. The number of carboxylic acid groups (broad SMARTS) is 1. The molecule has 0 radical (unpaired) electrons. The molecule has 17 heavy (non-hydrogen) atoms. The van der Waals surface area contributed by atoms with Gasteiger partial charge in [0.25, 0.3) is 0 Å². The summed E-state index contributed by atoms with van der Waals surface area (Å²) in [7, 11) is 0. The van der Waals surface area contributed by atoms with Crippen LogP contribution >= 0.6 is 11.3 Å². The maximum absolute atomic E-state index is 11.4. The van der Waals surface area contributed by atoms with Crippen LogP contribution in [-0.2, 0) is 4.79 Å². The molecule has 1 rings (SSSR count). The first-order valence-electron chi connectivity index (χ1n) is 4.98. The average molecular weight is 258 g/mol. The van der Waals surface area contributed by atoms with Crippen molar-refractivity contribution >= 4 is 23.3 Å². The molecule has 0 saturated heterocycles. The Bertz CT molecular complexity index is 380. The van der Waals surface area contributed by atoms with Crippen LogP contribution < -0.4 is 10.6 Å². The minimum Gasteiger partial charge on any atom is -0.480 e. The largest absolute Gasteiger partial charge is 0.480 e. The number of aliphatic hydroxyl groups is 1. The average Bonchev–Trinajstić information content (AvgIpc) is 2.78. The highest BCUT2D eigenvalue weighted by atomic mass is 32.1. The highest BCUT2D eigenvalue weighted by Crippen LogP contribution is 2.17. The number of carbonyl (C=O) groups excluding carboxylic acids is 1. The van der Waals surface area contributed by atoms with E-state index in [2.05, 4.69) is 10.6 Å². The summed E-state index contributed by atoms with van der Waals surface area (Å²) >= 11 is 1.50. The maximum Gasteiger partial charge on any atom is 0.328 e. The summed E-state index contributed by atoms with van der Waals surface area (Å²) in [4.78, 5) is 23.0. The molecule has 2 amide bonds. The lowest BCUT2D eigenvalue weighted by molar-refractivity contribution is -0.140. The first-order valence-corrected chi connectivity index (χ1v) is 5.86. The van der Waals surface area contributed by atoms with Gasteiger partial charge in [-0.15, -0.1) is 11.3 Å². The van der Waals surface area contributed by atoms with Gasteiger partial charge in [-0.3, -0.25) is 0 Å². The van der Waals surface area contributed by atoms with Gasteiger partial charge in [0.1, 0.15) is 0 Å². The summed E-state index contributed by atoms with van der Waals surface area (Å²) in [5.74, 6) is -1.27. The molecule has 0 aliphatic heterocycles. The van der Waals surface area contributed by atoms with Gasteiger partial charge < -0.3 is 20.8 Å². The zero-order valence-electron chi connectivity index (χ0n) is 9.21. The summed E-state index contributed by atoms with van der Waals surface area (Å²) in [6.45, 7) is 1.15. The van der Waals surface area contributed by atoms with Gasteiger partial charge in [-0.1, -0.05) is 6.07 Å². The lowest BCUT2D eigenvalue weighted by atomic mass is 10.3. The van der Waals surface area contributed by atoms with Crippen molar-refractivity contribution in [2.75, 3.05) is 6.61 Å². The van der Waals surface area contributed by atoms with Gasteiger partial charge in [-0.2, -0.15) is 0 Å². The van der Waals surface area contributed by atoms with Crippen molar-refractivity contribution in [3.05, 3.63) is 22.4 Å². The van der Waals surface area contributed by atoms with E-state index in [1.165, 1.54) is 11.3 Å². The van der Waals surface area contributed by atoms with E-state index in [0.717, 1.165) is 4.88 Å². The molecular weight excluding hydrogens is 244 g/mol. The standard InChI is InChI=1S/C10H14N2O4S/c1-6(8-3-2-4-17-8)11-10(16)12-7(5-13)9(14)15/h2-4,6-7,13H,5H2,1H3,(H,14,15)(H2,11,12,16)/t6?,7-/m0/s1. The molecule has 6 nitrogen and oxygen atoms in total. The fourth-order valence-corrected chi connectivity index (χ4v) is 1.93. The zero-order valence-corrected chi connectivity index (χ0v) is 10.0. The molecule has 1 unspecified atom stereocenters. The second kappa shape index (κ2) is 6.21. The Morgan fingerprint density at radius 1 is 1.47 bits per heavy atom. The van der Waals surface area contributed by atoms with Gasteiger partial charge in [0, 0.05) is 4.88 Å². The zero-order chi connectivity index (χ0) is 12.8. The molecule has 0 bridgehead atoms. The summed E-state index contributed by atoms with van der Waals surface area (Å²) in [6.07, 6.45) is 0. The third-order valence-corrected chi connectivity index (χ3v) is 3.16. The van der Waals surface area contributed by atoms with Crippen LogP contribution in [0.25, 0.3) is 0 Å².